The molecule has 0 saturated carbocycles. The van der Waals surface area contributed by atoms with Crippen molar-refractivity contribution in [2.45, 2.75) is 19.6 Å². The molecule has 0 bridgehead atoms. The molecular formula is C3H14ClNSi2. The molecule has 0 spiro atoms. The molecule has 0 unspecified atom stereocenters. The predicted molar refractivity (Wildman–Crippen MR) is 43.3 cm³/mol. The molecular weight excluding hydrogens is 142 g/mol. The molecule has 0 atom stereocenters. The monoisotopic (exact) mass is 155 g/mol. The third-order valence-electron chi connectivity index (χ3n) is 0. The van der Waals surface area contributed by atoms with Crippen LogP contribution in [-0.4, -0.2) is 17.8 Å². The van der Waals surface area contributed by atoms with Crippen LogP contribution in [0.4, 0.5) is 0 Å². The molecule has 0 rings (SSSR count). The number of halogens is 1. The maximum absolute atomic E-state index is 5.67. The van der Waals surface area contributed by atoms with E-state index in [1.807, 2.05) is 0 Å². The molecule has 2 N–H and O–H groups in total. The van der Waals surface area contributed by atoms with E-state index in [1.54, 1.807) is 0 Å². The fourth-order valence-electron chi connectivity index (χ4n) is 0. The minimum absolute atomic E-state index is 0.806. The first-order valence-corrected chi connectivity index (χ1v) is 7.93. The normalized spacial score (nSPS) is 9.86. The van der Waals surface area contributed by atoms with Crippen molar-refractivity contribution in [3.05, 3.63) is 0 Å². The van der Waals surface area contributed by atoms with Crippen molar-refractivity contribution >= 4 is 28.9 Å². The van der Waals surface area contributed by atoms with E-state index in [0.717, 1.165) is 10.4 Å². The smallest absolute Gasteiger partial charge is 0.147 e. The van der Waals surface area contributed by atoms with Crippen molar-refractivity contribution in [3.63, 3.8) is 0 Å². The van der Waals surface area contributed by atoms with Crippen LogP contribution >= 0.6 is 11.1 Å². The van der Waals surface area contributed by atoms with E-state index < -0.39 is 7.38 Å². The average molecular weight is 156 g/mol. The molecule has 0 aromatic rings. The van der Waals surface area contributed by atoms with Crippen molar-refractivity contribution in [1.82, 2.24) is 0 Å². The van der Waals surface area contributed by atoms with Crippen molar-refractivity contribution < 1.29 is 0 Å². The lowest BCUT2D eigenvalue weighted by Gasteiger charge is -1.97. The standard InChI is InChI=1S/C3H9ClSi.H5NSi/c1-5(2,3)4;1-2/h1-3H3;1H2,2H3. The van der Waals surface area contributed by atoms with E-state index in [4.69, 9.17) is 11.1 Å². The van der Waals surface area contributed by atoms with Gasteiger partial charge in [-0.1, -0.05) is 19.6 Å². The Morgan fingerprint density at radius 2 is 1.29 bits per heavy atom. The van der Waals surface area contributed by atoms with Crippen LogP contribution in [0.1, 0.15) is 0 Å². The topological polar surface area (TPSA) is 26.0 Å². The zero-order valence-electron chi connectivity index (χ0n) is 5.46. The summed E-state index contributed by atoms with van der Waals surface area (Å²) in [6.45, 7) is 6.28. The summed E-state index contributed by atoms with van der Waals surface area (Å²) in [5, 5.41) is 4.64. The van der Waals surface area contributed by atoms with Gasteiger partial charge < -0.3 is 5.40 Å². The molecule has 0 aliphatic rings. The molecule has 0 amide bonds. The summed E-state index contributed by atoms with van der Waals surface area (Å²) in [4.78, 5) is 0. The summed E-state index contributed by atoms with van der Waals surface area (Å²) in [6, 6.07) is 0. The largest absolute Gasteiger partial charge is 0.358 e. The maximum atomic E-state index is 5.67. The Balaban J connectivity index is 0. The Morgan fingerprint density at radius 3 is 1.29 bits per heavy atom. The Labute approximate surface area is 54.5 Å². The SMILES string of the molecule is C[Si](C)(C)Cl.N[SiH3]. The second-order valence-electron chi connectivity index (χ2n) is 2.07. The fourth-order valence-corrected chi connectivity index (χ4v) is 0. The Morgan fingerprint density at radius 1 is 1.29 bits per heavy atom. The van der Waals surface area contributed by atoms with Crippen LogP contribution in [-0.2, 0) is 0 Å². The second-order valence-corrected chi connectivity index (χ2v) is 9.60. The fraction of sp³-hybridized carbons (Fsp3) is 1.00. The van der Waals surface area contributed by atoms with Gasteiger partial charge in [0.25, 0.3) is 0 Å². The molecule has 0 aliphatic heterocycles. The van der Waals surface area contributed by atoms with Crippen molar-refractivity contribution in [2.75, 3.05) is 0 Å². The van der Waals surface area contributed by atoms with Crippen LogP contribution in [0, 0.1) is 0 Å². The van der Waals surface area contributed by atoms with Gasteiger partial charge in [0, 0.05) is 0 Å². The van der Waals surface area contributed by atoms with Crippen LogP contribution in [0.3, 0.4) is 0 Å². The first-order chi connectivity index (χ1) is 3.00. The summed E-state index contributed by atoms with van der Waals surface area (Å²) in [5.74, 6) is 0. The quantitative estimate of drug-likeness (QED) is 0.395. The lowest BCUT2D eigenvalue weighted by molar-refractivity contribution is 1.87. The molecule has 0 aliphatic carbocycles. The molecule has 0 aromatic heterocycles. The summed E-state index contributed by atoms with van der Waals surface area (Å²) >= 11 is 5.67. The van der Waals surface area contributed by atoms with Gasteiger partial charge in [-0.15, -0.1) is 0 Å². The van der Waals surface area contributed by atoms with Gasteiger partial charge in [-0.3, -0.25) is 0 Å². The Kier molecular flexibility index (Phi) is 7.34. The van der Waals surface area contributed by atoms with Gasteiger partial charge in [-0.2, -0.15) is 11.1 Å². The molecule has 0 saturated heterocycles. The highest BCUT2D eigenvalue weighted by Gasteiger charge is 2.04. The molecule has 0 aromatic carbocycles. The van der Waals surface area contributed by atoms with Crippen LogP contribution < -0.4 is 5.40 Å². The highest BCUT2D eigenvalue weighted by atomic mass is 35.6. The highest BCUT2D eigenvalue weighted by Crippen LogP contribution is 2.03. The van der Waals surface area contributed by atoms with Crippen LogP contribution in [0.2, 0.25) is 19.6 Å². The van der Waals surface area contributed by atoms with E-state index in [-0.39, 0.29) is 0 Å². The Hall–Kier alpha value is 0.684. The van der Waals surface area contributed by atoms with E-state index >= 15 is 0 Å². The molecule has 46 valence electrons. The third-order valence-corrected chi connectivity index (χ3v) is 0. The molecule has 0 heterocycles. The summed E-state index contributed by atoms with van der Waals surface area (Å²) in [5.41, 5.74) is 0. The average Bonchev–Trinajstić information content (AvgIpc) is 1.36. The van der Waals surface area contributed by atoms with Crippen LogP contribution in [0.15, 0.2) is 0 Å². The van der Waals surface area contributed by atoms with Crippen LogP contribution in [0.5, 0.6) is 0 Å². The lowest BCUT2D eigenvalue weighted by Crippen LogP contribution is -2.06. The third kappa shape index (κ3) is 314. The minimum atomic E-state index is -1.14. The van der Waals surface area contributed by atoms with Gasteiger partial charge in [0.1, 0.15) is 7.38 Å². The zero-order chi connectivity index (χ0) is 6.50. The minimum Gasteiger partial charge on any atom is -0.358 e. The van der Waals surface area contributed by atoms with Crippen LogP contribution in [0.25, 0.3) is 0 Å². The number of hydrogen-bond acceptors (Lipinski definition) is 1. The first kappa shape index (κ1) is 10.6. The van der Waals surface area contributed by atoms with Gasteiger partial charge in [0.2, 0.25) is 0 Å². The second kappa shape index (κ2) is 4.83. The van der Waals surface area contributed by atoms with E-state index in [9.17, 15) is 0 Å². The highest BCUT2D eigenvalue weighted by molar-refractivity contribution is 7.18. The van der Waals surface area contributed by atoms with E-state index in [2.05, 4.69) is 25.0 Å². The van der Waals surface area contributed by atoms with E-state index in [0.29, 0.717) is 0 Å². The predicted octanol–water partition coefficient (Wildman–Crippen LogP) is 0.286. The summed E-state index contributed by atoms with van der Waals surface area (Å²) in [6.07, 6.45) is 0. The number of rotatable bonds is 0. The van der Waals surface area contributed by atoms with Gasteiger partial charge >= 0.3 is 0 Å². The summed E-state index contributed by atoms with van der Waals surface area (Å²) < 4.78 is 0. The zero-order valence-corrected chi connectivity index (χ0v) is 9.21. The van der Waals surface area contributed by atoms with Gasteiger partial charge in [-0.05, 0) is 0 Å². The van der Waals surface area contributed by atoms with Crippen molar-refractivity contribution in [1.29, 1.82) is 0 Å². The molecule has 4 heteroatoms. The maximum Gasteiger partial charge on any atom is 0.147 e. The lowest BCUT2D eigenvalue weighted by atomic mass is 11.8. The van der Waals surface area contributed by atoms with Gasteiger partial charge in [0.05, 0.1) is 10.4 Å². The number of nitrogens with two attached hydrogens (primary N) is 1. The summed E-state index contributed by atoms with van der Waals surface area (Å²) in [7, 11) is -0.333. The Bertz CT molecular complexity index is 28.4. The molecule has 0 radical (unpaired) electrons. The first-order valence-electron chi connectivity index (χ1n) is 2.27. The van der Waals surface area contributed by atoms with Crippen molar-refractivity contribution in [2.24, 2.45) is 5.40 Å². The van der Waals surface area contributed by atoms with Gasteiger partial charge in [-0.25, -0.2) is 0 Å². The van der Waals surface area contributed by atoms with Crippen molar-refractivity contribution in [3.8, 4) is 0 Å². The molecule has 1 nitrogen and oxygen atoms in total. The molecule has 0 fully saturated rings. The molecule has 7 heavy (non-hydrogen) atoms. The van der Waals surface area contributed by atoms with E-state index in [1.165, 1.54) is 0 Å². The number of hydrogen-bond donors (Lipinski definition) is 1. The van der Waals surface area contributed by atoms with Gasteiger partial charge in [0.15, 0.2) is 0 Å².